The SMILES string of the molecule is CC(C)(COC(C)(C)CCCO)NC(=O)OC(C)(C)C. The molecule has 0 aromatic rings. The third kappa shape index (κ3) is 10.0. The van der Waals surface area contributed by atoms with Crippen LogP contribution in [0, 0.1) is 0 Å². The fourth-order valence-electron chi connectivity index (χ4n) is 1.57. The van der Waals surface area contributed by atoms with Crippen molar-refractivity contribution in [2.45, 2.75) is 78.0 Å². The van der Waals surface area contributed by atoms with Crippen LogP contribution in [0.2, 0.25) is 0 Å². The molecule has 0 saturated heterocycles. The number of rotatable bonds is 7. The zero-order chi connectivity index (χ0) is 16.0. The van der Waals surface area contributed by atoms with Crippen LogP contribution in [0.5, 0.6) is 0 Å². The topological polar surface area (TPSA) is 67.8 Å². The summed E-state index contributed by atoms with van der Waals surface area (Å²) in [5.74, 6) is 0. The van der Waals surface area contributed by atoms with Gasteiger partial charge in [0.1, 0.15) is 5.60 Å². The van der Waals surface area contributed by atoms with Gasteiger partial charge >= 0.3 is 6.09 Å². The van der Waals surface area contributed by atoms with Crippen LogP contribution < -0.4 is 5.32 Å². The van der Waals surface area contributed by atoms with Crippen LogP contribution in [0.3, 0.4) is 0 Å². The molecule has 0 fully saturated rings. The first-order chi connectivity index (χ1) is 8.87. The van der Waals surface area contributed by atoms with Gasteiger partial charge in [-0.05, 0) is 61.3 Å². The molecule has 0 atom stereocenters. The fourth-order valence-corrected chi connectivity index (χ4v) is 1.57. The van der Waals surface area contributed by atoms with Gasteiger partial charge in [0.2, 0.25) is 0 Å². The summed E-state index contributed by atoms with van der Waals surface area (Å²) in [4.78, 5) is 11.7. The number of aliphatic hydroxyl groups is 1. The molecule has 2 N–H and O–H groups in total. The average Bonchev–Trinajstić information content (AvgIpc) is 2.20. The van der Waals surface area contributed by atoms with Crippen LogP contribution in [-0.2, 0) is 9.47 Å². The Bertz CT molecular complexity index is 305. The van der Waals surface area contributed by atoms with Crippen LogP contribution in [0.25, 0.3) is 0 Å². The maximum absolute atomic E-state index is 11.7. The van der Waals surface area contributed by atoms with Crippen LogP contribution in [-0.4, -0.2) is 41.2 Å². The molecule has 0 rings (SSSR count). The molecule has 0 aromatic carbocycles. The Morgan fingerprint density at radius 1 is 1.10 bits per heavy atom. The van der Waals surface area contributed by atoms with E-state index in [1.165, 1.54) is 0 Å². The molecule has 20 heavy (non-hydrogen) atoms. The molecule has 0 radical (unpaired) electrons. The number of aliphatic hydroxyl groups excluding tert-OH is 1. The lowest BCUT2D eigenvalue weighted by Crippen LogP contribution is -2.50. The summed E-state index contributed by atoms with van der Waals surface area (Å²) in [6.45, 7) is 13.8. The van der Waals surface area contributed by atoms with E-state index in [-0.39, 0.29) is 12.2 Å². The minimum atomic E-state index is -0.515. The van der Waals surface area contributed by atoms with Crippen molar-refractivity contribution in [3.05, 3.63) is 0 Å². The Kier molecular flexibility index (Phi) is 6.98. The van der Waals surface area contributed by atoms with E-state index in [1.807, 2.05) is 48.5 Å². The molecule has 5 nitrogen and oxygen atoms in total. The largest absolute Gasteiger partial charge is 0.444 e. The second-order valence-electron chi connectivity index (χ2n) is 7.39. The molecule has 0 aliphatic carbocycles. The summed E-state index contributed by atoms with van der Waals surface area (Å²) < 4.78 is 11.1. The quantitative estimate of drug-likeness (QED) is 0.756. The lowest BCUT2D eigenvalue weighted by molar-refractivity contribution is -0.0515. The molecule has 0 heterocycles. The summed E-state index contributed by atoms with van der Waals surface area (Å²) >= 11 is 0. The van der Waals surface area contributed by atoms with Crippen molar-refractivity contribution in [3.63, 3.8) is 0 Å². The van der Waals surface area contributed by atoms with Crippen LogP contribution >= 0.6 is 0 Å². The molecule has 0 aliphatic heterocycles. The van der Waals surface area contributed by atoms with Crippen molar-refractivity contribution in [2.75, 3.05) is 13.2 Å². The number of amides is 1. The average molecular weight is 289 g/mol. The highest BCUT2D eigenvalue weighted by molar-refractivity contribution is 5.68. The fraction of sp³-hybridized carbons (Fsp3) is 0.933. The standard InChI is InChI=1S/C15H31NO4/c1-13(2,3)20-12(18)16-14(4,5)11-19-15(6,7)9-8-10-17/h17H,8-11H2,1-7H3,(H,16,18). The van der Waals surface area contributed by atoms with Gasteiger partial charge < -0.3 is 19.9 Å². The van der Waals surface area contributed by atoms with Crippen molar-refractivity contribution >= 4 is 6.09 Å². The Morgan fingerprint density at radius 2 is 1.65 bits per heavy atom. The number of hydrogen-bond acceptors (Lipinski definition) is 4. The molecule has 0 bridgehead atoms. The van der Waals surface area contributed by atoms with Gasteiger partial charge in [-0.3, -0.25) is 0 Å². The monoisotopic (exact) mass is 289 g/mol. The Morgan fingerprint density at radius 3 is 2.10 bits per heavy atom. The third-order valence-electron chi connectivity index (χ3n) is 2.60. The second kappa shape index (κ2) is 7.27. The minimum absolute atomic E-state index is 0.159. The normalized spacial score (nSPS) is 13.2. The molecular weight excluding hydrogens is 258 g/mol. The highest BCUT2D eigenvalue weighted by Gasteiger charge is 2.28. The van der Waals surface area contributed by atoms with Crippen molar-refractivity contribution in [1.29, 1.82) is 0 Å². The molecule has 0 aliphatic rings. The smallest absolute Gasteiger partial charge is 0.408 e. The predicted molar refractivity (Wildman–Crippen MR) is 79.8 cm³/mol. The number of carbonyl (C=O) groups excluding carboxylic acids is 1. The zero-order valence-corrected chi connectivity index (χ0v) is 14.0. The van der Waals surface area contributed by atoms with Crippen molar-refractivity contribution in [3.8, 4) is 0 Å². The molecule has 120 valence electrons. The number of carbonyl (C=O) groups is 1. The second-order valence-corrected chi connectivity index (χ2v) is 7.39. The van der Waals surface area contributed by atoms with Gasteiger partial charge in [-0.15, -0.1) is 0 Å². The molecule has 1 amide bonds. The van der Waals surface area contributed by atoms with Gasteiger partial charge in [0, 0.05) is 6.61 Å². The lowest BCUT2D eigenvalue weighted by atomic mass is 10.0. The third-order valence-corrected chi connectivity index (χ3v) is 2.60. The summed E-state index contributed by atoms with van der Waals surface area (Å²) in [6, 6.07) is 0. The van der Waals surface area contributed by atoms with Gasteiger partial charge in [0.25, 0.3) is 0 Å². The van der Waals surface area contributed by atoms with Gasteiger partial charge in [-0.25, -0.2) is 4.79 Å². The van der Waals surface area contributed by atoms with Crippen molar-refractivity contribution < 1.29 is 19.4 Å². The molecule has 0 unspecified atom stereocenters. The molecule has 0 aromatic heterocycles. The summed E-state index contributed by atoms with van der Waals surface area (Å²) in [7, 11) is 0. The van der Waals surface area contributed by atoms with E-state index in [0.717, 1.165) is 6.42 Å². The van der Waals surface area contributed by atoms with Gasteiger partial charge in [-0.2, -0.15) is 0 Å². The molecule has 0 saturated carbocycles. The Labute approximate surface area is 123 Å². The van der Waals surface area contributed by atoms with E-state index in [9.17, 15) is 4.79 Å². The maximum Gasteiger partial charge on any atom is 0.408 e. The predicted octanol–water partition coefficient (Wildman–Crippen LogP) is 2.86. The number of alkyl carbamates (subject to hydrolysis) is 1. The zero-order valence-electron chi connectivity index (χ0n) is 14.0. The van der Waals surface area contributed by atoms with E-state index < -0.39 is 17.2 Å². The highest BCUT2D eigenvalue weighted by atomic mass is 16.6. The number of hydrogen-bond donors (Lipinski definition) is 2. The van der Waals surface area contributed by atoms with Gasteiger partial charge in [0.05, 0.1) is 17.7 Å². The summed E-state index contributed by atoms with van der Waals surface area (Å²) in [6.07, 6.45) is 1.03. The van der Waals surface area contributed by atoms with Crippen LogP contribution in [0.4, 0.5) is 4.79 Å². The Hall–Kier alpha value is -0.810. The molecule has 0 spiro atoms. The highest BCUT2D eigenvalue weighted by Crippen LogP contribution is 2.19. The molecule has 5 heteroatoms. The van der Waals surface area contributed by atoms with E-state index in [0.29, 0.717) is 13.0 Å². The first-order valence-corrected chi connectivity index (χ1v) is 7.13. The molecular formula is C15H31NO4. The van der Waals surface area contributed by atoms with Crippen LogP contribution in [0.15, 0.2) is 0 Å². The lowest BCUT2D eigenvalue weighted by Gasteiger charge is -2.33. The maximum atomic E-state index is 11.7. The summed E-state index contributed by atoms with van der Waals surface area (Å²) in [5.41, 5.74) is -1.35. The van der Waals surface area contributed by atoms with Crippen molar-refractivity contribution in [2.24, 2.45) is 0 Å². The van der Waals surface area contributed by atoms with E-state index >= 15 is 0 Å². The van der Waals surface area contributed by atoms with Crippen LogP contribution in [0.1, 0.15) is 61.3 Å². The first-order valence-electron chi connectivity index (χ1n) is 7.13. The summed E-state index contributed by atoms with van der Waals surface area (Å²) in [5, 5.41) is 11.7. The van der Waals surface area contributed by atoms with Gasteiger partial charge in [0.15, 0.2) is 0 Å². The van der Waals surface area contributed by atoms with Gasteiger partial charge in [-0.1, -0.05) is 0 Å². The van der Waals surface area contributed by atoms with E-state index in [2.05, 4.69) is 5.32 Å². The Balaban J connectivity index is 4.28. The number of ether oxygens (including phenoxy) is 2. The van der Waals surface area contributed by atoms with E-state index in [1.54, 1.807) is 0 Å². The minimum Gasteiger partial charge on any atom is -0.444 e. The van der Waals surface area contributed by atoms with Crippen molar-refractivity contribution in [1.82, 2.24) is 5.32 Å². The number of nitrogens with one attached hydrogen (secondary N) is 1. The van der Waals surface area contributed by atoms with E-state index in [4.69, 9.17) is 14.6 Å². The first kappa shape index (κ1) is 19.2.